The van der Waals surface area contributed by atoms with Crippen LogP contribution < -0.4 is 0 Å². The van der Waals surface area contributed by atoms with Crippen LogP contribution in [0.15, 0.2) is 0 Å². The molecule has 0 saturated carbocycles. The summed E-state index contributed by atoms with van der Waals surface area (Å²) in [6.45, 7) is 0. The number of rotatable bonds is 10. The molecule has 0 aliphatic rings. The maximum Gasteiger partial charge on any atom is 0.0630 e. The minimum absolute atomic E-state index is 0.675. The third-order valence-corrected chi connectivity index (χ3v) is 3.93. The lowest BCUT2D eigenvalue weighted by Gasteiger charge is -2.00. The van der Waals surface area contributed by atoms with E-state index in [1.807, 2.05) is 23.5 Å². The standard InChI is InChI=1S/C11H18N2S2/c12-6-4-10-14-8-2-1-3-9-15-11-5-7-13/h1-5,8-11H2. The van der Waals surface area contributed by atoms with Crippen molar-refractivity contribution in [3.8, 4) is 12.1 Å². The van der Waals surface area contributed by atoms with Crippen molar-refractivity contribution in [2.45, 2.75) is 32.1 Å². The van der Waals surface area contributed by atoms with Gasteiger partial charge in [0.15, 0.2) is 0 Å². The zero-order valence-electron chi connectivity index (χ0n) is 9.07. The molecule has 0 fully saturated rings. The van der Waals surface area contributed by atoms with Crippen molar-refractivity contribution in [1.82, 2.24) is 0 Å². The molecule has 0 spiro atoms. The van der Waals surface area contributed by atoms with Crippen LogP contribution in [0.4, 0.5) is 0 Å². The van der Waals surface area contributed by atoms with Gasteiger partial charge in [-0.15, -0.1) is 0 Å². The molecule has 15 heavy (non-hydrogen) atoms. The van der Waals surface area contributed by atoms with E-state index in [0.717, 1.165) is 11.5 Å². The molecule has 0 unspecified atom stereocenters. The van der Waals surface area contributed by atoms with Crippen LogP contribution in [0.1, 0.15) is 32.1 Å². The van der Waals surface area contributed by atoms with Crippen LogP contribution in [0.2, 0.25) is 0 Å². The first-order chi connectivity index (χ1) is 7.41. The average Bonchev–Trinajstić information content (AvgIpc) is 2.26. The molecular weight excluding hydrogens is 224 g/mol. The van der Waals surface area contributed by atoms with E-state index >= 15 is 0 Å². The molecule has 4 heteroatoms. The maximum atomic E-state index is 8.32. The summed E-state index contributed by atoms with van der Waals surface area (Å²) >= 11 is 3.75. The Balaban J connectivity index is 2.88. The van der Waals surface area contributed by atoms with Gasteiger partial charge in [0.2, 0.25) is 0 Å². The van der Waals surface area contributed by atoms with Gasteiger partial charge in [0.1, 0.15) is 0 Å². The van der Waals surface area contributed by atoms with Gasteiger partial charge in [0.25, 0.3) is 0 Å². The van der Waals surface area contributed by atoms with E-state index in [9.17, 15) is 0 Å². The number of nitrogens with zero attached hydrogens (tertiary/aromatic N) is 2. The van der Waals surface area contributed by atoms with Gasteiger partial charge in [-0.1, -0.05) is 6.42 Å². The number of unbranched alkanes of at least 4 members (excludes halogenated alkanes) is 2. The Labute approximate surface area is 101 Å². The Kier molecular flexibility index (Phi) is 13.4. The predicted molar refractivity (Wildman–Crippen MR) is 69.0 cm³/mol. The second kappa shape index (κ2) is 13.7. The first-order valence-electron chi connectivity index (χ1n) is 5.31. The molecule has 2 nitrogen and oxygen atoms in total. The summed E-state index contributed by atoms with van der Waals surface area (Å²) in [5.41, 5.74) is 0. The van der Waals surface area contributed by atoms with Crippen molar-refractivity contribution in [3.05, 3.63) is 0 Å². The predicted octanol–water partition coefficient (Wildman–Crippen LogP) is 3.45. The van der Waals surface area contributed by atoms with Crippen molar-refractivity contribution in [1.29, 1.82) is 10.5 Å². The van der Waals surface area contributed by atoms with Crippen molar-refractivity contribution in [3.63, 3.8) is 0 Å². The van der Waals surface area contributed by atoms with Crippen LogP contribution in [-0.4, -0.2) is 23.0 Å². The van der Waals surface area contributed by atoms with Crippen LogP contribution in [0.5, 0.6) is 0 Å². The van der Waals surface area contributed by atoms with Crippen molar-refractivity contribution in [2.75, 3.05) is 23.0 Å². The molecule has 0 amide bonds. The summed E-state index contributed by atoms with van der Waals surface area (Å²) in [7, 11) is 0. The van der Waals surface area contributed by atoms with E-state index in [0.29, 0.717) is 12.8 Å². The Morgan fingerprint density at radius 3 is 1.53 bits per heavy atom. The number of nitriles is 2. The SMILES string of the molecule is N#CCCSCCCCCSCCC#N. The van der Waals surface area contributed by atoms with Crippen molar-refractivity contribution < 1.29 is 0 Å². The van der Waals surface area contributed by atoms with Crippen LogP contribution >= 0.6 is 23.5 Å². The molecule has 0 saturated heterocycles. The molecule has 0 aliphatic carbocycles. The largest absolute Gasteiger partial charge is 0.198 e. The Morgan fingerprint density at radius 1 is 0.667 bits per heavy atom. The smallest absolute Gasteiger partial charge is 0.0630 e. The molecule has 0 aliphatic heterocycles. The van der Waals surface area contributed by atoms with Gasteiger partial charge >= 0.3 is 0 Å². The maximum absolute atomic E-state index is 8.32. The molecular formula is C11H18N2S2. The minimum atomic E-state index is 0.675. The lowest BCUT2D eigenvalue weighted by molar-refractivity contribution is 0.785. The third kappa shape index (κ3) is 13.7. The van der Waals surface area contributed by atoms with E-state index in [1.54, 1.807) is 0 Å². The van der Waals surface area contributed by atoms with Crippen LogP contribution in [-0.2, 0) is 0 Å². The summed E-state index contributed by atoms with van der Waals surface area (Å²) in [5.74, 6) is 4.33. The van der Waals surface area contributed by atoms with Gasteiger partial charge in [-0.25, -0.2) is 0 Å². The minimum Gasteiger partial charge on any atom is -0.198 e. The van der Waals surface area contributed by atoms with Gasteiger partial charge in [0, 0.05) is 24.3 Å². The van der Waals surface area contributed by atoms with E-state index in [4.69, 9.17) is 10.5 Å². The van der Waals surface area contributed by atoms with Gasteiger partial charge < -0.3 is 0 Å². The topological polar surface area (TPSA) is 47.6 Å². The van der Waals surface area contributed by atoms with Gasteiger partial charge in [-0.3, -0.25) is 0 Å². The normalized spacial score (nSPS) is 9.47. The second-order valence-corrected chi connectivity index (χ2v) is 5.55. The van der Waals surface area contributed by atoms with E-state index < -0.39 is 0 Å². The van der Waals surface area contributed by atoms with E-state index in [-0.39, 0.29) is 0 Å². The number of thioether (sulfide) groups is 2. The monoisotopic (exact) mass is 242 g/mol. The molecule has 84 valence electrons. The summed E-state index contributed by atoms with van der Waals surface area (Å²) in [4.78, 5) is 0. The van der Waals surface area contributed by atoms with E-state index in [1.165, 1.54) is 30.8 Å². The lowest BCUT2D eigenvalue weighted by atomic mass is 10.3. The molecule has 0 rings (SSSR count). The molecule has 0 aromatic carbocycles. The molecule has 0 heterocycles. The fraction of sp³-hybridized carbons (Fsp3) is 0.818. The Morgan fingerprint density at radius 2 is 1.13 bits per heavy atom. The first kappa shape index (κ1) is 14.7. The summed E-state index contributed by atoms with van der Waals surface area (Å²) < 4.78 is 0. The Hall–Kier alpha value is -0.320. The van der Waals surface area contributed by atoms with Crippen molar-refractivity contribution in [2.24, 2.45) is 0 Å². The van der Waals surface area contributed by atoms with Crippen LogP contribution in [0.25, 0.3) is 0 Å². The van der Waals surface area contributed by atoms with Crippen LogP contribution in [0, 0.1) is 22.7 Å². The quantitative estimate of drug-likeness (QED) is 0.550. The molecule has 0 aromatic heterocycles. The molecule has 0 N–H and O–H groups in total. The van der Waals surface area contributed by atoms with Gasteiger partial charge in [-0.05, 0) is 24.3 Å². The highest BCUT2D eigenvalue weighted by Gasteiger charge is 1.92. The zero-order chi connectivity index (χ0) is 11.2. The summed E-state index contributed by atoms with van der Waals surface area (Å²) in [5, 5.41) is 16.6. The molecule has 0 aromatic rings. The third-order valence-electron chi connectivity index (χ3n) is 1.79. The highest BCUT2D eigenvalue weighted by Crippen LogP contribution is 2.10. The molecule has 0 atom stereocenters. The average molecular weight is 242 g/mol. The Bertz CT molecular complexity index is 184. The fourth-order valence-corrected chi connectivity index (χ4v) is 2.72. The fourth-order valence-electron chi connectivity index (χ4n) is 1.02. The highest BCUT2D eigenvalue weighted by atomic mass is 32.2. The highest BCUT2D eigenvalue weighted by molar-refractivity contribution is 7.99. The zero-order valence-corrected chi connectivity index (χ0v) is 10.7. The van der Waals surface area contributed by atoms with E-state index in [2.05, 4.69) is 12.1 Å². The number of hydrogen-bond acceptors (Lipinski definition) is 4. The summed E-state index contributed by atoms with van der Waals surface area (Å²) in [6.07, 6.45) is 5.15. The second-order valence-electron chi connectivity index (χ2n) is 3.10. The summed E-state index contributed by atoms with van der Waals surface area (Å²) in [6, 6.07) is 4.30. The number of hydrogen-bond donors (Lipinski definition) is 0. The molecule has 0 radical (unpaired) electrons. The van der Waals surface area contributed by atoms with Gasteiger partial charge in [0.05, 0.1) is 12.1 Å². The first-order valence-corrected chi connectivity index (χ1v) is 7.62. The molecule has 0 bridgehead atoms. The van der Waals surface area contributed by atoms with Crippen molar-refractivity contribution >= 4 is 23.5 Å². The van der Waals surface area contributed by atoms with Crippen LogP contribution in [0.3, 0.4) is 0 Å². The van der Waals surface area contributed by atoms with Gasteiger partial charge in [-0.2, -0.15) is 34.0 Å². The lowest BCUT2D eigenvalue weighted by Crippen LogP contribution is -1.87.